The molecular formula is C17H15ClO3. The van der Waals surface area contributed by atoms with Crippen LogP contribution in [0.1, 0.15) is 15.9 Å². The van der Waals surface area contributed by atoms with E-state index in [0.29, 0.717) is 22.1 Å². The van der Waals surface area contributed by atoms with Gasteiger partial charge in [-0.15, -0.1) is 0 Å². The van der Waals surface area contributed by atoms with E-state index in [1.165, 1.54) is 20.3 Å². The number of ether oxygens (including phenoxy) is 2. The van der Waals surface area contributed by atoms with Gasteiger partial charge in [-0.05, 0) is 17.7 Å². The Kier molecular flexibility index (Phi) is 5.01. The van der Waals surface area contributed by atoms with E-state index in [0.717, 1.165) is 5.56 Å². The molecule has 0 bridgehead atoms. The van der Waals surface area contributed by atoms with Crippen LogP contribution in [0.25, 0.3) is 6.08 Å². The third-order valence-corrected chi connectivity index (χ3v) is 3.28. The number of benzene rings is 2. The van der Waals surface area contributed by atoms with Crippen LogP contribution in [-0.2, 0) is 0 Å². The van der Waals surface area contributed by atoms with Gasteiger partial charge < -0.3 is 9.47 Å². The number of allylic oxidation sites excluding steroid dienone is 1. The van der Waals surface area contributed by atoms with Crippen molar-refractivity contribution in [2.45, 2.75) is 0 Å². The highest BCUT2D eigenvalue weighted by molar-refractivity contribution is 6.35. The van der Waals surface area contributed by atoms with Gasteiger partial charge >= 0.3 is 0 Å². The number of rotatable bonds is 5. The van der Waals surface area contributed by atoms with E-state index in [2.05, 4.69) is 0 Å². The van der Waals surface area contributed by atoms with Gasteiger partial charge in [0.2, 0.25) is 0 Å². The second-order valence-electron chi connectivity index (χ2n) is 4.30. The van der Waals surface area contributed by atoms with Gasteiger partial charge in [0.25, 0.3) is 0 Å². The lowest BCUT2D eigenvalue weighted by Gasteiger charge is -2.10. The molecule has 0 saturated heterocycles. The summed E-state index contributed by atoms with van der Waals surface area (Å²) in [4.78, 5) is 12.2. The van der Waals surface area contributed by atoms with Gasteiger partial charge in [-0.1, -0.05) is 48.0 Å². The molecule has 0 heterocycles. The summed E-state index contributed by atoms with van der Waals surface area (Å²) in [5.74, 6) is 0.772. The molecule has 0 saturated carbocycles. The standard InChI is InChI=1S/C17H15ClO3/c1-20-16-10-13(14(18)11-17(16)21-2)15(19)9-8-12-6-4-3-5-7-12/h3-11H,1-2H3/b9-8+. The van der Waals surface area contributed by atoms with Gasteiger partial charge in [-0.25, -0.2) is 0 Å². The Balaban J connectivity index is 2.29. The van der Waals surface area contributed by atoms with Crippen LogP contribution in [0.5, 0.6) is 11.5 Å². The van der Waals surface area contributed by atoms with E-state index in [9.17, 15) is 4.79 Å². The van der Waals surface area contributed by atoms with Gasteiger partial charge in [-0.3, -0.25) is 4.79 Å². The smallest absolute Gasteiger partial charge is 0.187 e. The summed E-state index contributed by atoms with van der Waals surface area (Å²) in [6.07, 6.45) is 3.23. The van der Waals surface area contributed by atoms with Crippen molar-refractivity contribution in [3.8, 4) is 11.5 Å². The van der Waals surface area contributed by atoms with Crippen molar-refractivity contribution in [3.63, 3.8) is 0 Å². The molecule has 0 amide bonds. The van der Waals surface area contributed by atoms with Crippen LogP contribution in [0, 0.1) is 0 Å². The fraction of sp³-hybridized carbons (Fsp3) is 0.118. The second kappa shape index (κ2) is 6.95. The number of hydrogen-bond acceptors (Lipinski definition) is 3. The van der Waals surface area contributed by atoms with Gasteiger partial charge in [0.1, 0.15) is 0 Å². The topological polar surface area (TPSA) is 35.5 Å². The summed E-state index contributed by atoms with van der Waals surface area (Å²) in [5, 5.41) is 0.329. The quantitative estimate of drug-likeness (QED) is 0.612. The van der Waals surface area contributed by atoms with E-state index in [1.54, 1.807) is 18.2 Å². The molecule has 0 aliphatic rings. The van der Waals surface area contributed by atoms with E-state index < -0.39 is 0 Å². The lowest BCUT2D eigenvalue weighted by molar-refractivity contribution is 0.104. The van der Waals surface area contributed by atoms with Gasteiger partial charge in [0.05, 0.1) is 19.2 Å². The Morgan fingerprint density at radius 3 is 2.29 bits per heavy atom. The molecular weight excluding hydrogens is 288 g/mol. The Labute approximate surface area is 128 Å². The number of hydrogen-bond donors (Lipinski definition) is 0. The summed E-state index contributed by atoms with van der Waals surface area (Å²) in [6, 6.07) is 12.7. The molecule has 108 valence electrons. The average molecular weight is 303 g/mol. The first-order valence-corrected chi connectivity index (χ1v) is 6.72. The molecule has 0 aliphatic carbocycles. The van der Waals surface area contributed by atoms with Crippen molar-refractivity contribution in [2.75, 3.05) is 14.2 Å². The summed E-state index contributed by atoms with van der Waals surface area (Å²) < 4.78 is 10.3. The van der Waals surface area contributed by atoms with Crippen LogP contribution in [0.2, 0.25) is 5.02 Å². The van der Waals surface area contributed by atoms with Gasteiger partial charge in [-0.2, -0.15) is 0 Å². The Hall–Kier alpha value is -2.26. The molecule has 3 nitrogen and oxygen atoms in total. The van der Waals surface area contributed by atoms with Gasteiger partial charge in [0, 0.05) is 11.6 Å². The molecule has 0 N–H and O–H groups in total. The predicted octanol–water partition coefficient (Wildman–Crippen LogP) is 4.25. The molecule has 0 unspecified atom stereocenters. The van der Waals surface area contributed by atoms with Crippen LogP contribution in [0.15, 0.2) is 48.5 Å². The Morgan fingerprint density at radius 1 is 1.05 bits per heavy atom. The molecule has 0 fully saturated rings. The number of halogens is 1. The fourth-order valence-electron chi connectivity index (χ4n) is 1.87. The number of carbonyl (C=O) groups is 1. The third-order valence-electron chi connectivity index (χ3n) is 2.97. The monoisotopic (exact) mass is 302 g/mol. The highest BCUT2D eigenvalue weighted by atomic mass is 35.5. The summed E-state index contributed by atoms with van der Waals surface area (Å²) >= 11 is 6.12. The molecule has 2 aromatic rings. The maximum Gasteiger partial charge on any atom is 0.187 e. The van der Waals surface area contributed by atoms with Crippen molar-refractivity contribution in [1.29, 1.82) is 0 Å². The van der Waals surface area contributed by atoms with Crippen molar-refractivity contribution in [2.24, 2.45) is 0 Å². The van der Waals surface area contributed by atoms with E-state index in [4.69, 9.17) is 21.1 Å². The van der Waals surface area contributed by atoms with Crippen LogP contribution >= 0.6 is 11.6 Å². The van der Waals surface area contributed by atoms with Crippen molar-refractivity contribution in [1.82, 2.24) is 0 Å². The molecule has 21 heavy (non-hydrogen) atoms. The highest BCUT2D eigenvalue weighted by Gasteiger charge is 2.13. The number of methoxy groups -OCH3 is 2. The van der Waals surface area contributed by atoms with Crippen LogP contribution < -0.4 is 9.47 Å². The van der Waals surface area contributed by atoms with Crippen LogP contribution in [0.3, 0.4) is 0 Å². The summed E-state index contributed by atoms with van der Waals surface area (Å²) in [6.45, 7) is 0. The fourth-order valence-corrected chi connectivity index (χ4v) is 2.12. The average Bonchev–Trinajstić information content (AvgIpc) is 2.53. The minimum atomic E-state index is -0.190. The van der Waals surface area contributed by atoms with Crippen molar-refractivity contribution in [3.05, 3.63) is 64.7 Å². The number of carbonyl (C=O) groups excluding carboxylic acids is 1. The zero-order valence-electron chi connectivity index (χ0n) is 11.8. The number of ketones is 1. The van der Waals surface area contributed by atoms with E-state index in [1.807, 2.05) is 30.3 Å². The van der Waals surface area contributed by atoms with Crippen molar-refractivity contribution >= 4 is 23.5 Å². The maximum atomic E-state index is 12.2. The molecule has 0 aliphatic heterocycles. The largest absolute Gasteiger partial charge is 0.493 e. The normalized spacial score (nSPS) is 10.6. The van der Waals surface area contributed by atoms with Crippen LogP contribution in [0.4, 0.5) is 0 Å². The Morgan fingerprint density at radius 2 is 1.67 bits per heavy atom. The molecule has 0 aromatic heterocycles. The summed E-state index contributed by atoms with van der Waals surface area (Å²) in [5.41, 5.74) is 1.32. The zero-order valence-corrected chi connectivity index (χ0v) is 12.6. The minimum Gasteiger partial charge on any atom is -0.493 e. The molecule has 0 atom stereocenters. The first-order chi connectivity index (χ1) is 10.2. The predicted molar refractivity (Wildman–Crippen MR) is 84.4 cm³/mol. The van der Waals surface area contributed by atoms with E-state index in [-0.39, 0.29) is 5.78 Å². The molecule has 2 rings (SSSR count). The zero-order chi connectivity index (χ0) is 15.2. The lowest BCUT2D eigenvalue weighted by atomic mass is 10.1. The summed E-state index contributed by atoms with van der Waals surface area (Å²) in [7, 11) is 3.03. The third kappa shape index (κ3) is 3.64. The minimum absolute atomic E-state index is 0.190. The highest BCUT2D eigenvalue weighted by Crippen LogP contribution is 2.33. The Bertz CT molecular complexity index is 663. The van der Waals surface area contributed by atoms with Crippen molar-refractivity contribution < 1.29 is 14.3 Å². The van der Waals surface area contributed by atoms with E-state index >= 15 is 0 Å². The maximum absolute atomic E-state index is 12.2. The second-order valence-corrected chi connectivity index (χ2v) is 4.70. The molecule has 0 spiro atoms. The molecule has 0 radical (unpaired) electrons. The first-order valence-electron chi connectivity index (χ1n) is 6.34. The first kappa shape index (κ1) is 15.1. The van der Waals surface area contributed by atoms with Crippen LogP contribution in [-0.4, -0.2) is 20.0 Å². The SMILES string of the molecule is COc1cc(Cl)c(C(=O)/C=C/c2ccccc2)cc1OC. The lowest BCUT2D eigenvalue weighted by Crippen LogP contribution is -1.99. The van der Waals surface area contributed by atoms with Gasteiger partial charge in [0.15, 0.2) is 17.3 Å². The molecule has 2 aromatic carbocycles. The molecule has 4 heteroatoms.